The van der Waals surface area contributed by atoms with E-state index in [9.17, 15) is 26.4 Å². The first-order valence-electron chi connectivity index (χ1n) is 15.4. The number of amides is 2. The predicted molar refractivity (Wildman–Crippen MR) is 192 cm³/mol. The summed E-state index contributed by atoms with van der Waals surface area (Å²) in [7, 11) is -7.74. The molecule has 0 aromatic heterocycles. The quantitative estimate of drug-likeness (QED) is 0.0999. The van der Waals surface area contributed by atoms with Crippen molar-refractivity contribution in [1.29, 1.82) is 0 Å². The van der Waals surface area contributed by atoms with Crippen LogP contribution in [0.15, 0.2) is 131 Å². The van der Waals surface area contributed by atoms with Crippen molar-refractivity contribution in [3.63, 3.8) is 0 Å². The summed E-state index contributed by atoms with van der Waals surface area (Å²) < 4.78 is 67.0. The number of hydrogen-bond acceptors (Lipinski definition) is 8. The van der Waals surface area contributed by atoms with Gasteiger partial charge in [-0.25, -0.2) is 16.8 Å². The molecule has 0 atom stereocenters. The fourth-order valence-electron chi connectivity index (χ4n) is 4.61. The van der Waals surface area contributed by atoms with Crippen molar-refractivity contribution >= 4 is 54.6 Å². The van der Waals surface area contributed by atoms with Gasteiger partial charge in [-0.1, -0.05) is 0 Å². The summed E-state index contributed by atoms with van der Waals surface area (Å²) in [6.45, 7) is 4.70. The van der Waals surface area contributed by atoms with E-state index in [4.69, 9.17) is 9.47 Å². The second-order valence-corrected chi connectivity index (χ2v) is 14.0. The lowest BCUT2D eigenvalue weighted by Crippen LogP contribution is -2.15. The molecule has 5 rings (SSSR count). The Kier molecular flexibility index (Phi) is 11.0. The maximum Gasteiger partial charge on any atom is 0.261 e. The number of anilines is 4. The van der Waals surface area contributed by atoms with Crippen LogP contribution in [-0.4, -0.2) is 41.9 Å². The third-order valence-electron chi connectivity index (χ3n) is 7.09. The van der Waals surface area contributed by atoms with Crippen molar-refractivity contribution in [3.8, 4) is 11.5 Å². The van der Waals surface area contributed by atoms with Gasteiger partial charge in [0.2, 0.25) is 0 Å². The molecule has 0 unspecified atom stereocenters. The lowest BCUT2D eigenvalue weighted by Gasteiger charge is -2.11. The maximum absolute atomic E-state index is 12.8. The van der Waals surface area contributed by atoms with E-state index in [-0.39, 0.29) is 20.9 Å². The topological polar surface area (TPSA) is 169 Å². The Bertz CT molecular complexity index is 2000. The number of hydrogen-bond donors (Lipinski definition) is 4. The Morgan fingerprint density at radius 2 is 0.760 bits per heavy atom. The molecule has 0 aliphatic rings. The summed E-state index contributed by atoms with van der Waals surface area (Å²) in [5, 5.41) is 5.41. The standard InChI is InChI=1S/C36H34N4O8S2/c1-3-47-31-17-9-29(10-18-31)39-49(43,44)33-21-13-27(14-22-33)37-35(41)25-5-7-26(8-6-25)36(42)38-28-15-23-34(24-16-28)50(45,46)40-30-11-19-32(20-12-30)48-4-2/h5-24,39-40H,3-4H2,1-2H3,(H,37,41)(H,38,42). The zero-order valence-corrected chi connectivity index (χ0v) is 28.7. The van der Waals surface area contributed by atoms with Crippen LogP contribution in [0.2, 0.25) is 0 Å². The van der Waals surface area contributed by atoms with E-state index < -0.39 is 31.9 Å². The summed E-state index contributed by atoms with van der Waals surface area (Å²) in [5.74, 6) is 0.329. The number of benzene rings is 5. The molecule has 5 aromatic carbocycles. The van der Waals surface area contributed by atoms with Crippen LogP contribution in [0, 0.1) is 0 Å². The van der Waals surface area contributed by atoms with Crippen molar-refractivity contribution in [2.45, 2.75) is 23.6 Å². The largest absolute Gasteiger partial charge is 0.494 e. The van der Waals surface area contributed by atoms with Gasteiger partial charge in [-0.05, 0) is 135 Å². The van der Waals surface area contributed by atoms with Crippen LogP contribution in [0.3, 0.4) is 0 Å². The molecule has 0 aliphatic heterocycles. The van der Waals surface area contributed by atoms with Crippen LogP contribution in [-0.2, 0) is 20.0 Å². The molecular formula is C36H34N4O8S2. The minimum Gasteiger partial charge on any atom is -0.494 e. The van der Waals surface area contributed by atoms with E-state index in [0.717, 1.165) is 0 Å². The highest BCUT2D eigenvalue weighted by atomic mass is 32.2. The van der Waals surface area contributed by atoms with Gasteiger partial charge in [0.25, 0.3) is 31.9 Å². The summed E-state index contributed by atoms with van der Waals surface area (Å²) in [4.78, 5) is 25.7. The van der Waals surface area contributed by atoms with Crippen LogP contribution >= 0.6 is 0 Å². The maximum atomic E-state index is 12.8. The van der Waals surface area contributed by atoms with Gasteiger partial charge in [0, 0.05) is 33.9 Å². The third kappa shape index (κ3) is 9.18. The molecule has 0 fully saturated rings. The summed E-state index contributed by atoms with van der Waals surface area (Å²) in [5.41, 5.74) is 2.03. The first-order valence-corrected chi connectivity index (χ1v) is 18.4. The fourth-order valence-corrected chi connectivity index (χ4v) is 6.73. The monoisotopic (exact) mass is 714 g/mol. The third-order valence-corrected chi connectivity index (χ3v) is 9.88. The number of carbonyl (C=O) groups excluding carboxylic acids is 2. The van der Waals surface area contributed by atoms with Crippen LogP contribution in [0.25, 0.3) is 0 Å². The van der Waals surface area contributed by atoms with E-state index >= 15 is 0 Å². The molecule has 0 saturated heterocycles. The molecule has 50 heavy (non-hydrogen) atoms. The fraction of sp³-hybridized carbons (Fsp3) is 0.111. The van der Waals surface area contributed by atoms with E-state index in [0.29, 0.717) is 47.5 Å². The Morgan fingerprint density at radius 3 is 1.06 bits per heavy atom. The Morgan fingerprint density at radius 1 is 0.460 bits per heavy atom. The van der Waals surface area contributed by atoms with Gasteiger partial charge < -0.3 is 20.1 Å². The van der Waals surface area contributed by atoms with Gasteiger partial charge >= 0.3 is 0 Å². The Labute approximate surface area is 290 Å². The SMILES string of the molecule is CCOc1ccc(NS(=O)(=O)c2ccc(NC(=O)c3ccc(C(=O)Nc4ccc(S(=O)(=O)Nc5ccc(OCC)cc5)cc4)cc3)cc2)cc1. The molecule has 0 spiro atoms. The van der Waals surface area contributed by atoms with E-state index in [1.165, 1.54) is 72.8 Å². The summed E-state index contributed by atoms with van der Waals surface area (Å²) >= 11 is 0. The smallest absolute Gasteiger partial charge is 0.261 e. The zero-order valence-electron chi connectivity index (χ0n) is 27.0. The van der Waals surface area contributed by atoms with E-state index in [1.54, 1.807) is 48.5 Å². The number of rotatable bonds is 14. The Hall–Kier alpha value is -5.86. The van der Waals surface area contributed by atoms with Gasteiger partial charge in [0.05, 0.1) is 23.0 Å². The van der Waals surface area contributed by atoms with Gasteiger partial charge in [-0.2, -0.15) is 0 Å². The normalized spacial score (nSPS) is 11.2. The highest BCUT2D eigenvalue weighted by Gasteiger charge is 2.17. The molecule has 0 aliphatic carbocycles. The van der Waals surface area contributed by atoms with Crippen LogP contribution in [0.4, 0.5) is 22.7 Å². The predicted octanol–water partition coefficient (Wildman–Crippen LogP) is 6.59. The molecule has 0 saturated carbocycles. The van der Waals surface area contributed by atoms with Gasteiger partial charge in [0.1, 0.15) is 11.5 Å². The molecule has 5 aromatic rings. The van der Waals surface area contributed by atoms with Gasteiger partial charge in [0.15, 0.2) is 0 Å². The number of ether oxygens (including phenoxy) is 2. The average Bonchev–Trinajstić information content (AvgIpc) is 3.10. The van der Waals surface area contributed by atoms with E-state index in [1.807, 2.05) is 13.8 Å². The van der Waals surface area contributed by atoms with Crippen molar-refractivity contribution in [1.82, 2.24) is 0 Å². The van der Waals surface area contributed by atoms with Crippen LogP contribution < -0.4 is 29.6 Å². The second kappa shape index (κ2) is 15.6. The zero-order chi connectivity index (χ0) is 35.7. The molecule has 2 amide bonds. The molecule has 0 heterocycles. The van der Waals surface area contributed by atoms with Crippen molar-refractivity contribution < 1.29 is 35.9 Å². The minimum absolute atomic E-state index is 0.0107. The lowest BCUT2D eigenvalue weighted by atomic mass is 10.1. The number of sulfonamides is 2. The van der Waals surface area contributed by atoms with Gasteiger partial charge in [-0.3, -0.25) is 19.0 Å². The highest BCUT2D eigenvalue weighted by molar-refractivity contribution is 7.93. The minimum atomic E-state index is -3.87. The van der Waals surface area contributed by atoms with Crippen molar-refractivity contribution in [2.24, 2.45) is 0 Å². The first kappa shape index (κ1) is 35.4. The number of nitrogens with one attached hydrogen (secondary N) is 4. The molecule has 0 bridgehead atoms. The molecular weight excluding hydrogens is 681 g/mol. The molecule has 4 N–H and O–H groups in total. The van der Waals surface area contributed by atoms with Crippen molar-refractivity contribution in [2.75, 3.05) is 33.3 Å². The van der Waals surface area contributed by atoms with Gasteiger partial charge in [-0.15, -0.1) is 0 Å². The molecule has 0 radical (unpaired) electrons. The van der Waals surface area contributed by atoms with Crippen LogP contribution in [0.5, 0.6) is 11.5 Å². The lowest BCUT2D eigenvalue weighted by molar-refractivity contribution is 0.101. The number of carbonyl (C=O) groups is 2. The first-order chi connectivity index (χ1) is 24.0. The van der Waals surface area contributed by atoms with Crippen molar-refractivity contribution in [3.05, 3.63) is 132 Å². The summed E-state index contributed by atoms with van der Waals surface area (Å²) in [6, 6.07) is 30.4. The molecule has 14 heteroatoms. The highest BCUT2D eigenvalue weighted by Crippen LogP contribution is 2.23. The molecule has 258 valence electrons. The average molecular weight is 715 g/mol. The summed E-state index contributed by atoms with van der Waals surface area (Å²) in [6.07, 6.45) is 0. The Balaban J connectivity index is 1.14. The second-order valence-electron chi connectivity index (χ2n) is 10.7. The van der Waals surface area contributed by atoms with Crippen LogP contribution in [0.1, 0.15) is 34.6 Å². The van der Waals surface area contributed by atoms with E-state index in [2.05, 4.69) is 20.1 Å². The molecule has 12 nitrogen and oxygen atoms in total.